The lowest BCUT2D eigenvalue weighted by Crippen LogP contribution is -2.41. The minimum Gasteiger partial charge on any atom is -0.481 e. The van der Waals surface area contributed by atoms with Crippen molar-refractivity contribution in [2.45, 2.75) is 32.7 Å². The maximum atomic E-state index is 11.2. The van der Waals surface area contributed by atoms with E-state index in [0.29, 0.717) is 12.6 Å². The van der Waals surface area contributed by atoms with Gasteiger partial charge in [0.25, 0.3) is 0 Å². The molecule has 2 amide bonds. The fourth-order valence-corrected chi connectivity index (χ4v) is 1.22. The lowest BCUT2D eigenvalue weighted by atomic mass is 10.2. The fourth-order valence-electron chi connectivity index (χ4n) is 1.22. The lowest BCUT2D eigenvalue weighted by molar-refractivity contribution is -0.136. The summed E-state index contributed by atoms with van der Waals surface area (Å²) in [5.74, 6) is -0.915. The van der Waals surface area contributed by atoms with Crippen LogP contribution in [-0.2, 0) is 4.79 Å². The van der Waals surface area contributed by atoms with Crippen LogP contribution < -0.4 is 10.6 Å². The summed E-state index contributed by atoms with van der Waals surface area (Å²) in [5, 5.41) is 13.5. The van der Waals surface area contributed by atoms with E-state index in [-0.39, 0.29) is 19.0 Å². The number of amides is 2. The fraction of sp³-hybridized carbons (Fsp3) is 0.818. The molecule has 0 saturated heterocycles. The number of carboxylic acid groups (broad SMARTS) is 1. The average molecular weight is 245 g/mol. The summed E-state index contributed by atoms with van der Waals surface area (Å²) in [7, 11) is 2.01. The molecular formula is C11H23N3O3. The monoisotopic (exact) mass is 245 g/mol. The summed E-state index contributed by atoms with van der Waals surface area (Å²) in [6, 6.07) is 0.177. The molecule has 0 aromatic heterocycles. The Balaban J connectivity index is 3.54. The van der Waals surface area contributed by atoms with Gasteiger partial charge in [-0.3, -0.25) is 4.79 Å². The molecule has 6 heteroatoms. The first-order valence-electron chi connectivity index (χ1n) is 5.91. The van der Waals surface area contributed by atoms with Crippen molar-refractivity contribution in [3.05, 3.63) is 0 Å². The van der Waals surface area contributed by atoms with Gasteiger partial charge in [-0.05, 0) is 20.4 Å². The summed E-state index contributed by atoms with van der Waals surface area (Å²) >= 11 is 0. The molecule has 0 aromatic carbocycles. The SMILES string of the molecule is CCC(C)N(C)CCNC(=O)NCCC(=O)O. The Hall–Kier alpha value is -1.30. The van der Waals surface area contributed by atoms with Crippen LogP contribution in [0.1, 0.15) is 26.7 Å². The van der Waals surface area contributed by atoms with Gasteiger partial charge in [-0.1, -0.05) is 6.92 Å². The first-order chi connectivity index (χ1) is 7.97. The summed E-state index contributed by atoms with van der Waals surface area (Å²) < 4.78 is 0. The number of likely N-dealkylation sites (N-methyl/N-ethyl adjacent to an activating group) is 1. The smallest absolute Gasteiger partial charge is 0.314 e. The minimum atomic E-state index is -0.915. The molecule has 0 saturated carbocycles. The number of hydrogen-bond acceptors (Lipinski definition) is 3. The first kappa shape index (κ1) is 15.7. The van der Waals surface area contributed by atoms with E-state index < -0.39 is 5.97 Å². The second-order valence-electron chi connectivity index (χ2n) is 4.06. The molecule has 1 atom stereocenters. The number of nitrogens with one attached hydrogen (secondary N) is 2. The predicted molar refractivity (Wildman–Crippen MR) is 66.0 cm³/mol. The van der Waals surface area contributed by atoms with Gasteiger partial charge < -0.3 is 20.6 Å². The molecule has 0 fully saturated rings. The van der Waals surface area contributed by atoms with Gasteiger partial charge in [0.1, 0.15) is 0 Å². The molecule has 0 aliphatic rings. The largest absolute Gasteiger partial charge is 0.481 e. The summed E-state index contributed by atoms with van der Waals surface area (Å²) in [6.07, 6.45) is 1.02. The van der Waals surface area contributed by atoms with Gasteiger partial charge in [-0.25, -0.2) is 4.79 Å². The molecular weight excluding hydrogens is 222 g/mol. The van der Waals surface area contributed by atoms with Crippen LogP contribution in [0.4, 0.5) is 4.79 Å². The summed E-state index contributed by atoms with van der Waals surface area (Å²) in [4.78, 5) is 23.6. The Labute approximate surface area is 102 Å². The molecule has 100 valence electrons. The average Bonchev–Trinajstić information content (AvgIpc) is 2.27. The summed E-state index contributed by atoms with van der Waals surface area (Å²) in [5.41, 5.74) is 0. The number of urea groups is 1. The third kappa shape index (κ3) is 8.50. The maximum absolute atomic E-state index is 11.2. The quantitative estimate of drug-likeness (QED) is 0.581. The molecule has 0 aliphatic heterocycles. The molecule has 0 aliphatic carbocycles. The standard InChI is InChI=1S/C11H23N3O3/c1-4-9(2)14(3)8-7-13-11(17)12-6-5-10(15)16/h9H,4-8H2,1-3H3,(H,15,16)(H2,12,13,17). The molecule has 0 spiro atoms. The zero-order chi connectivity index (χ0) is 13.3. The van der Waals surface area contributed by atoms with E-state index in [2.05, 4.69) is 29.4 Å². The topological polar surface area (TPSA) is 81.7 Å². The molecule has 6 nitrogen and oxygen atoms in total. The van der Waals surface area contributed by atoms with Crippen molar-refractivity contribution in [3.63, 3.8) is 0 Å². The van der Waals surface area contributed by atoms with Crippen LogP contribution in [0.25, 0.3) is 0 Å². The summed E-state index contributed by atoms with van der Waals surface area (Å²) in [6.45, 7) is 5.74. The third-order valence-electron chi connectivity index (χ3n) is 2.72. The number of carbonyl (C=O) groups is 2. The maximum Gasteiger partial charge on any atom is 0.314 e. The van der Waals surface area contributed by atoms with Crippen molar-refractivity contribution in [2.24, 2.45) is 0 Å². The van der Waals surface area contributed by atoms with Gasteiger partial charge in [0.2, 0.25) is 0 Å². The van der Waals surface area contributed by atoms with E-state index in [1.54, 1.807) is 0 Å². The Bertz CT molecular complexity index is 246. The van der Waals surface area contributed by atoms with Crippen LogP contribution in [-0.4, -0.2) is 54.7 Å². The van der Waals surface area contributed by atoms with Crippen LogP contribution in [0.15, 0.2) is 0 Å². The highest BCUT2D eigenvalue weighted by atomic mass is 16.4. The van der Waals surface area contributed by atoms with Crippen molar-refractivity contribution >= 4 is 12.0 Å². The van der Waals surface area contributed by atoms with Gasteiger partial charge in [-0.15, -0.1) is 0 Å². The number of rotatable bonds is 8. The van der Waals surface area contributed by atoms with Crippen molar-refractivity contribution < 1.29 is 14.7 Å². The molecule has 17 heavy (non-hydrogen) atoms. The van der Waals surface area contributed by atoms with Crippen molar-refractivity contribution in [1.29, 1.82) is 0 Å². The van der Waals surface area contributed by atoms with Gasteiger partial charge in [0, 0.05) is 25.7 Å². The number of carbonyl (C=O) groups excluding carboxylic acids is 1. The molecule has 0 radical (unpaired) electrons. The zero-order valence-corrected chi connectivity index (χ0v) is 10.8. The molecule has 0 heterocycles. The van der Waals surface area contributed by atoms with Crippen molar-refractivity contribution in [1.82, 2.24) is 15.5 Å². The number of hydrogen-bond donors (Lipinski definition) is 3. The second kappa shape index (κ2) is 8.81. The highest BCUT2D eigenvalue weighted by Crippen LogP contribution is 1.97. The molecule has 0 rings (SSSR count). The first-order valence-corrected chi connectivity index (χ1v) is 5.91. The van der Waals surface area contributed by atoms with Gasteiger partial charge in [0.05, 0.1) is 6.42 Å². The van der Waals surface area contributed by atoms with E-state index in [1.165, 1.54) is 0 Å². The second-order valence-corrected chi connectivity index (χ2v) is 4.06. The number of nitrogens with zero attached hydrogens (tertiary/aromatic N) is 1. The zero-order valence-electron chi connectivity index (χ0n) is 10.8. The van der Waals surface area contributed by atoms with Crippen molar-refractivity contribution in [2.75, 3.05) is 26.7 Å². The molecule has 0 bridgehead atoms. The van der Waals surface area contributed by atoms with E-state index in [9.17, 15) is 9.59 Å². The number of carboxylic acids is 1. The third-order valence-corrected chi connectivity index (χ3v) is 2.72. The molecule has 3 N–H and O–H groups in total. The molecule has 1 unspecified atom stereocenters. The van der Waals surface area contributed by atoms with E-state index in [4.69, 9.17) is 5.11 Å². The minimum absolute atomic E-state index is 0.0554. The van der Waals surface area contributed by atoms with Gasteiger partial charge >= 0.3 is 12.0 Å². The number of aliphatic carboxylic acids is 1. The van der Waals surface area contributed by atoms with Gasteiger partial charge in [-0.2, -0.15) is 0 Å². The van der Waals surface area contributed by atoms with E-state index in [0.717, 1.165) is 13.0 Å². The van der Waals surface area contributed by atoms with Crippen molar-refractivity contribution in [3.8, 4) is 0 Å². The highest BCUT2D eigenvalue weighted by Gasteiger charge is 2.06. The van der Waals surface area contributed by atoms with Crippen LogP contribution in [0.2, 0.25) is 0 Å². The van der Waals surface area contributed by atoms with Gasteiger partial charge in [0.15, 0.2) is 0 Å². The Morgan fingerprint density at radius 3 is 2.41 bits per heavy atom. The predicted octanol–water partition coefficient (Wildman–Crippen LogP) is 0.491. The van der Waals surface area contributed by atoms with E-state index >= 15 is 0 Å². The van der Waals surface area contributed by atoms with Crippen LogP contribution in [0.3, 0.4) is 0 Å². The lowest BCUT2D eigenvalue weighted by Gasteiger charge is -2.23. The van der Waals surface area contributed by atoms with E-state index in [1.807, 2.05) is 7.05 Å². The highest BCUT2D eigenvalue weighted by molar-refractivity contribution is 5.74. The normalized spacial score (nSPS) is 12.2. The Morgan fingerprint density at radius 2 is 1.88 bits per heavy atom. The van der Waals surface area contributed by atoms with Crippen LogP contribution in [0, 0.1) is 0 Å². The Morgan fingerprint density at radius 1 is 1.29 bits per heavy atom. The Kier molecular flexibility index (Phi) is 8.13. The van der Waals surface area contributed by atoms with Crippen LogP contribution in [0.5, 0.6) is 0 Å². The van der Waals surface area contributed by atoms with Crippen LogP contribution >= 0.6 is 0 Å². The molecule has 0 aromatic rings.